The van der Waals surface area contributed by atoms with Gasteiger partial charge in [-0.2, -0.15) is 10.5 Å². The molecule has 0 aliphatic rings. The zero-order valence-electron chi connectivity index (χ0n) is 14.4. The Balaban J connectivity index is -0.000000288. The fourth-order valence-corrected chi connectivity index (χ4v) is 1.22. The number of nitrogens with zero attached hydrogens (tertiary/aromatic N) is 3. The molecule has 0 aromatic rings. The molecule has 0 heterocycles. The van der Waals surface area contributed by atoms with Crippen molar-refractivity contribution in [3.63, 3.8) is 0 Å². The number of nitrogens with two attached hydrogens (primary N) is 1. The summed E-state index contributed by atoms with van der Waals surface area (Å²) in [5.41, 5.74) is 4.15. The SMILES string of the molecule is CCOC(C)(OCC)OCC.CCOC(C)=NC#N.N#CN. The van der Waals surface area contributed by atoms with Crippen molar-refractivity contribution in [2.45, 2.75) is 47.5 Å². The molecule has 0 atom stereocenters. The van der Waals surface area contributed by atoms with Gasteiger partial charge in [0.15, 0.2) is 12.1 Å². The highest BCUT2D eigenvalue weighted by atomic mass is 16.9. The van der Waals surface area contributed by atoms with Crippen LogP contribution in [0.2, 0.25) is 0 Å². The van der Waals surface area contributed by atoms with Crippen molar-refractivity contribution in [2.75, 3.05) is 26.4 Å². The third-order valence-corrected chi connectivity index (χ3v) is 1.78. The van der Waals surface area contributed by atoms with Crippen molar-refractivity contribution in [2.24, 2.45) is 10.7 Å². The second-order valence-corrected chi connectivity index (χ2v) is 3.45. The van der Waals surface area contributed by atoms with Gasteiger partial charge in [-0.05, 0) is 27.7 Å². The van der Waals surface area contributed by atoms with Crippen LogP contribution in [0.15, 0.2) is 4.99 Å². The lowest BCUT2D eigenvalue weighted by Crippen LogP contribution is -2.35. The van der Waals surface area contributed by atoms with E-state index in [1.807, 2.05) is 27.7 Å². The standard InChI is InChI=1S/C8H18O3.C5H8N2O.CH2N2/c1-5-9-8(4,10-6-2)11-7-3;1-3-8-5(2)7-4-6;2-1-3/h5-7H2,1-4H3;3H2,1-2H3;2H2. The Labute approximate surface area is 133 Å². The van der Waals surface area contributed by atoms with E-state index in [1.54, 1.807) is 20.0 Å². The molecule has 0 aromatic heterocycles. The van der Waals surface area contributed by atoms with Crippen molar-refractivity contribution in [1.29, 1.82) is 10.5 Å². The number of hydrogen-bond donors (Lipinski definition) is 1. The number of hydrogen-bond acceptors (Lipinski definition) is 8. The zero-order valence-corrected chi connectivity index (χ0v) is 14.4. The fourth-order valence-electron chi connectivity index (χ4n) is 1.22. The van der Waals surface area contributed by atoms with E-state index in [9.17, 15) is 0 Å². The van der Waals surface area contributed by atoms with E-state index in [0.717, 1.165) is 0 Å². The van der Waals surface area contributed by atoms with Crippen molar-refractivity contribution in [1.82, 2.24) is 0 Å². The summed E-state index contributed by atoms with van der Waals surface area (Å²) in [6.45, 7) is 13.4. The molecule has 0 radical (unpaired) electrons. The third kappa shape index (κ3) is 20.4. The maximum Gasteiger partial charge on any atom is 0.279 e. The molecule has 0 aliphatic heterocycles. The van der Waals surface area contributed by atoms with E-state index >= 15 is 0 Å². The monoisotopic (exact) mass is 316 g/mol. The van der Waals surface area contributed by atoms with Gasteiger partial charge in [0.1, 0.15) is 0 Å². The summed E-state index contributed by atoms with van der Waals surface area (Å²) in [5.74, 6) is -0.423. The predicted molar refractivity (Wildman–Crippen MR) is 83.4 cm³/mol. The van der Waals surface area contributed by atoms with Gasteiger partial charge in [-0.15, -0.1) is 4.99 Å². The van der Waals surface area contributed by atoms with E-state index in [-0.39, 0.29) is 0 Å². The van der Waals surface area contributed by atoms with E-state index < -0.39 is 5.97 Å². The van der Waals surface area contributed by atoms with Crippen molar-refractivity contribution in [3.05, 3.63) is 0 Å². The molecular weight excluding hydrogens is 288 g/mol. The minimum Gasteiger partial charge on any atom is -0.481 e. The molecule has 8 heteroatoms. The molecule has 2 N–H and O–H groups in total. The molecular formula is C14H28N4O4. The predicted octanol–water partition coefficient (Wildman–Crippen LogP) is 2.12. The first kappa shape index (κ1) is 25.1. The topological polar surface area (TPSA) is 123 Å². The highest BCUT2D eigenvalue weighted by Crippen LogP contribution is 2.13. The van der Waals surface area contributed by atoms with Gasteiger partial charge >= 0.3 is 0 Å². The minimum absolute atomic E-state index is 0.426. The smallest absolute Gasteiger partial charge is 0.279 e. The Kier molecular flexibility index (Phi) is 21.8. The van der Waals surface area contributed by atoms with Crippen LogP contribution < -0.4 is 5.73 Å². The first-order valence-corrected chi connectivity index (χ1v) is 6.98. The van der Waals surface area contributed by atoms with Gasteiger partial charge in [-0.25, -0.2) is 0 Å². The number of aliphatic imine (C=N–C) groups is 1. The van der Waals surface area contributed by atoms with Gasteiger partial charge in [0, 0.05) is 33.7 Å². The van der Waals surface area contributed by atoms with Crippen LogP contribution in [0.3, 0.4) is 0 Å². The molecule has 0 saturated carbocycles. The molecule has 0 aromatic carbocycles. The first-order valence-electron chi connectivity index (χ1n) is 6.98. The van der Waals surface area contributed by atoms with Crippen LogP contribution in [0.1, 0.15) is 41.5 Å². The summed E-state index contributed by atoms with van der Waals surface area (Å²) >= 11 is 0. The average Bonchev–Trinajstić information content (AvgIpc) is 2.41. The lowest BCUT2D eigenvalue weighted by atomic mass is 10.6. The number of ether oxygens (including phenoxy) is 4. The maximum atomic E-state index is 7.95. The van der Waals surface area contributed by atoms with E-state index in [1.165, 1.54) is 6.19 Å². The summed E-state index contributed by atoms with van der Waals surface area (Å²) in [6.07, 6.45) is 2.87. The van der Waals surface area contributed by atoms with Crippen molar-refractivity contribution < 1.29 is 18.9 Å². The van der Waals surface area contributed by atoms with E-state index in [4.69, 9.17) is 29.5 Å². The zero-order chi connectivity index (χ0) is 17.9. The Bertz CT molecular complexity index is 331. The van der Waals surface area contributed by atoms with Crippen molar-refractivity contribution in [3.8, 4) is 12.4 Å². The summed E-state index contributed by atoms with van der Waals surface area (Å²) in [5, 5.41) is 15.0. The van der Waals surface area contributed by atoms with Crippen LogP contribution in [-0.4, -0.2) is 38.3 Å². The van der Waals surface area contributed by atoms with Crippen molar-refractivity contribution >= 4 is 5.90 Å². The fraction of sp³-hybridized carbons (Fsp3) is 0.786. The first-order chi connectivity index (χ1) is 10.4. The maximum absolute atomic E-state index is 7.95. The van der Waals surface area contributed by atoms with Crippen LogP contribution in [0.25, 0.3) is 0 Å². The van der Waals surface area contributed by atoms with Crippen LogP contribution in [-0.2, 0) is 18.9 Å². The Morgan fingerprint density at radius 2 is 1.36 bits per heavy atom. The van der Waals surface area contributed by atoms with Crippen LogP contribution in [0.4, 0.5) is 0 Å². The molecule has 0 amide bonds. The molecule has 0 aliphatic carbocycles. The summed E-state index contributed by atoms with van der Waals surface area (Å²) in [6, 6.07) is 0. The highest BCUT2D eigenvalue weighted by Gasteiger charge is 2.24. The van der Waals surface area contributed by atoms with Gasteiger partial charge in [0.05, 0.1) is 6.61 Å². The lowest BCUT2D eigenvalue weighted by Gasteiger charge is -2.27. The molecule has 0 spiro atoms. The average molecular weight is 316 g/mol. The molecule has 22 heavy (non-hydrogen) atoms. The van der Waals surface area contributed by atoms with Gasteiger partial charge in [-0.1, -0.05) is 0 Å². The molecule has 0 fully saturated rings. The molecule has 8 nitrogen and oxygen atoms in total. The quantitative estimate of drug-likeness (QED) is 0.251. The molecule has 0 bridgehead atoms. The van der Waals surface area contributed by atoms with Gasteiger partial charge in [-0.3, -0.25) is 0 Å². The van der Waals surface area contributed by atoms with E-state index in [2.05, 4.69) is 10.7 Å². The molecule has 0 saturated heterocycles. The summed E-state index contributed by atoms with van der Waals surface area (Å²) in [7, 11) is 0. The minimum atomic E-state index is -0.849. The summed E-state index contributed by atoms with van der Waals surface area (Å²) in [4.78, 5) is 3.31. The Morgan fingerprint density at radius 3 is 1.59 bits per heavy atom. The number of nitriles is 2. The van der Waals surface area contributed by atoms with Crippen LogP contribution in [0.5, 0.6) is 0 Å². The van der Waals surface area contributed by atoms with Crippen LogP contribution >= 0.6 is 0 Å². The largest absolute Gasteiger partial charge is 0.481 e. The van der Waals surface area contributed by atoms with Gasteiger partial charge in [0.25, 0.3) is 5.97 Å². The molecule has 0 unspecified atom stereocenters. The normalized spacial score (nSPS) is 10.1. The Hall–Kier alpha value is -1.87. The second-order valence-electron chi connectivity index (χ2n) is 3.45. The molecule has 0 rings (SSSR count). The lowest BCUT2D eigenvalue weighted by molar-refractivity contribution is -0.365. The summed E-state index contributed by atoms with van der Waals surface area (Å²) < 4.78 is 20.6. The number of rotatable bonds is 7. The van der Waals surface area contributed by atoms with E-state index in [0.29, 0.717) is 32.3 Å². The Morgan fingerprint density at radius 1 is 1.00 bits per heavy atom. The third-order valence-electron chi connectivity index (χ3n) is 1.78. The highest BCUT2D eigenvalue weighted by molar-refractivity contribution is 5.73. The van der Waals surface area contributed by atoms with Gasteiger partial charge in [0.2, 0.25) is 6.19 Å². The molecule has 128 valence electrons. The van der Waals surface area contributed by atoms with Gasteiger partial charge < -0.3 is 24.7 Å². The van der Waals surface area contributed by atoms with Crippen LogP contribution in [0, 0.1) is 22.9 Å². The second kappa shape index (κ2) is 19.1.